The number of benzene rings is 2. The second kappa shape index (κ2) is 7.45. The Morgan fingerprint density at radius 3 is 2.70 bits per heavy atom. The molecule has 0 saturated carbocycles. The summed E-state index contributed by atoms with van der Waals surface area (Å²) >= 11 is 0. The summed E-state index contributed by atoms with van der Waals surface area (Å²) in [6.45, 7) is 0.565. The molecule has 4 nitrogen and oxygen atoms in total. The number of pyridine rings is 1. The van der Waals surface area contributed by atoms with Gasteiger partial charge in [-0.2, -0.15) is 0 Å². The highest BCUT2D eigenvalue weighted by Crippen LogP contribution is 2.30. The van der Waals surface area contributed by atoms with Crippen LogP contribution in [0.3, 0.4) is 0 Å². The third-order valence-electron chi connectivity index (χ3n) is 5.18. The second-order valence-electron chi connectivity index (χ2n) is 6.89. The van der Waals surface area contributed by atoms with E-state index in [4.69, 9.17) is 4.74 Å². The molecule has 0 bridgehead atoms. The average molecular weight is 364 g/mol. The van der Waals surface area contributed by atoms with Gasteiger partial charge >= 0.3 is 0 Å². The zero-order valence-electron chi connectivity index (χ0n) is 15.1. The fourth-order valence-electron chi connectivity index (χ4n) is 3.57. The van der Waals surface area contributed by atoms with Crippen molar-refractivity contribution < 1.29 is 13.9 Å². The number of para-hydroxylation sites is 1. The monoisotopic (exact) mass is 364 g/mol. The molecule has 0 N–H and O–H groups in total. The lowest BCUT2D eigenvalue weighted by Crippen LogP contribution is -2.41. The molecule has 27 heavy (non-hydrogen) atoms. The van der Waals surface area contributed by atoms with Gasteiger partial charge in [0.2, 0.25) is 0 Å². The molecule has 2 aromatic carbocycles. The standard InChI is InChI=1S/C22H21FN2O2/c1-25(22(26)20-11-8-15-4-2-3-5-19(15)24-20)18-12-13-27-21(14-18)16-6-9-17(23)10-7-16/h2-11,18,21H,12-14H2,1H3/t18-,21-/m1/s1. The van der Waals surface area contributed by atoms with Crippen LogP contribution < -0.4 is 0 Å². The summed E-state index contributed by atoms with van der Waals surface area (Å²) in [4.78, 5) is 19.2. The summed E-state index contributed by atoms with van der Waals surface area (Å²) in [6.07, 6.45) is 1.32. The fourth-order valence-corrected chi connectivity index (χ4v) is 3.57. The average Bonchev–Trinajstić information content (AvgIpc) is 2.73. The first-order valence-corrected chi connectivity index (χ1v) is 9.12. The van der Waals surface area contributed by atoms with E-state index >= 15 is 0 Å². The smallest absolute Gasteiger partial charge is 0.272 e. The highest BCUT2D eigenvalue weighted by atomic mass is 19.1. The largest absolute Gasteiger partial charge is 0.373 e. The van der Waals surface area contributed by atoms with Crippen LogP contribution in [0.25, 0.3) is 10.9 Å². The highest BCUT2D eigenvalue weighted by Gasteiger charge is 2.29. The summed E-state index contributed by atoms with van der Waals surface area (Å²) in [5, 5.41) is 1.01. The Morgan fingerprint density at radius 2 is 1.89 bits per heavy atom. The molecule has 1 aromatic heterocycles. The van der Waals surface area contributed by atoms with Gasteiger partial charge in [0.15, 0.2) is 0 Å². The van der Waals surface area contributed by atoms with Crippen LogP contribution in [0, 0.1) is 5.82 Å². The number of ether oxygens (including phenoxy) is 1. The van der Waals surface area contributed by atoms with Crippen molar-refractivity contribution in [3.63, 3.8) is 0 Å². The maximum atomic E-state index is 13.2. The van der Waals surface area contributed by atoms with Crippen LogP contribution in [0.15, 0.2) is 60.7 Å². The van der Waals surface area contributed by atoms with Gasteiger partial charge in [-0.1, -0.05) is 36.4 Å². The zero-order valence-corrected chi connectivity index (χ0v) is 15.1. The van der Waals surface area contributed by atoms with Gasteiger partial charge in [0.25, 0.3) is 5.91 Å². The number of nitrogens with zero attached hydrogens (tertiary/aromatic N) is 2. The van der Waals surface area contributed by atoms with E-state index in [1.54, 1.807) is 23.1 Å². The molecule has 1 fully saturated rings. The van der Waals surface area contributed by atoms with Crippen molar-refractivity contribution in [1.82, 2.24) is 9.88 Å². The van der Waals surface area contributed by atoms with Gasteiger partial charge in [-0.3, -0.25) is 4.79 Å². The van der Waals surface area contributed by atoms with Crippen LogP contribution in [-0.4, -0.2) is 35.5 Å². The third kappa shape index (κ3) is 3.69. The SMILES string of the molecule is CN(C(=O)c1ccc2ccccc2n1)[C@@H]1CCO[C@@H](c2ccc(F)cc2)C1. The van der Waals surface area contributed by atoms with Gasteiger partial charge in [0, 0.05) is 25.1 Å². The van der Waals surface area contributed by atoms with E-state index in [2.05, 4.69) is 4.98 Å². The molecule has 1 aliphatic heterocycles. The van der Waals surface area contributed by atoms with E-state index in [1.807, 2.05) is 37.4 Å². The number of aromatic nitrogens is 1. The van der Waals surface area contributed by atoms with Crippen molar-refractivity contribution in [2.45, 2.75) is 25.0 Å². The van der Waals surface area contributed by atoms with Crippen LogP contribution in [0.2, 0.25) is 0 Å². The fraction of sp³-hybridized carbons (Fsp3) is 0.273. The number of carbonyl (C=O) groups excluding carboxylic acids is 1. The van der Waals surface area contributed by atoms with E-state index in [0.29, 0.717) is 18.7 Å². The van der Waals surface area contributed by atoms with E-state index in [1.165, 1.54) is 12.1 Å². The van der Waals surface area contributed by atoms with Crippen molar-refractivity contribution >= 4 is 16.8 Å². The van der Waals surface area contributed by atoms with Gasteiger partial charge in [0.05, 0.1) is 11.6 Å². The van der Waals surface area contributed by atoms with E-state index in [0.717, 1.165) is 22.9 Å². The zero-order chi connectivity index (χ0) is 18.8. The molecule has 0 radical (unpaired) electrons. The summed E-state index contributed by atoms with van der Waals surface area (Å²) in [6, 6.07) is 17.9. The number of fused-ring (bicyclic) bond motifs is 1. The highest BCUT2D eigenvalue weighted by molar-refractivity contribution is 5.94. The number of hydrogen-bond donors (Lipinski definition) is 0. The Kier molecular flexibility index (Phi) is 4.86. The number of hydrogen-bond acceptors (Lipinski definition) is 3. The molecule has 138 valence electrons. The maximum Gasteiger partial charge on any atom is 0.272 e. The summed E-state index contributed by atoms with van der Waals surface area (Å²) in [7, 11) is 1.82. The predicted molar refractivity (Wildman–Crippen MR) is 102 cm³/mol. The first kappa shape index (κ1) is 17.6. The minimum atomic E-state index is -0.263. The summed E-state index contributed by atoms with van der Waals surface area (Å²) < 4.78 is 19.0. The van der Waals surface area contributed by atoms with Gasteiger partial charge < -0.3 is 9.64 Å². The Morgan fingerprint density at radius 1 is 1.11 bits per heavy atom. The van der Waals surface area contributed by atoms with Crippen molar-refractivity contribution in [3.8, 4) is 0 Å². The second-order valence-corrected chi connectivity index (χ2v) is 6.89. The molecule has 0 aliphatic carbocycles. The first-order chi connectivity index (χ1) is 13.1. The van der Waals surface area contributed by atoms with Crippen LogP contribution >= 0.6 is 0 Å². The molecule has 1 saturated heterocycles. The number of carbonyl (C=O) groups is 1. The summed E-state index contributed by atoms with van der Waals surface area (Å²) in [5.74, 6) is -0.355. The normalized spacial score (nSPS) is 19.8. The molecular weight excluding hydrogens is 343 g/mol. The Balaban J connectivity index is 1.51. The Hall–Kier alpha value is -2.79. The van der Waals surface area contributed by atoms with Crippen molar-refractivity contribution in [2.24, 2.45) is 0 Å². The molecule has 1 amide bonds. The third-order valence-corrected chi connectivity index (χ3v) is 5.18. The summed E-state index contributed by atoms with van der Waals surface area (Å²) in [5.41, 5.74) is 2.19. The van der Waals surface area contributed by atoms with Crippen molar-refractivity contribution in [1.29, 1.82) is 0 Å². The molecule has 1 aliphatic rings. The number of halogens is 1. The molecule has 3 aromatic rings. The van der Waals surface area contributed by atoms with E-state index < -0.39 is 0 Å². The van der Waals surface area contributed by atoms with Gasteiger partial charge in [-0.15, -0.1) is 0 Å². The van der Waals surface area contributed by atoms with E-state index in [-0.39, 0.29) is 23.9 Å². The lowest BCUT2D eigenvalue weighted by atomic mass is 9.96. The quantitative estimate of drug-likeness (QED) is 0.693. The van der Waals surface area contributed by atoms with Gasteiger partial charge in [0.1, 0.15) is 11.5 Å². The van der Waals surface area contributed by atoms with Crippen LogP contribution in [-0.2, 0) is 4.74 Å². The molecule has 4 rings (SSSR count). The maximum absolute atomic E-state index is 13.2. The Labute approximate surface area is 157 Å². The molecule has 0 unspecified atom stereocenters. The van der Waals surface area contributed by atoms with Crippen LogP contribution in [0.1, 0.15) is 35.0 Å². The minimum absolute atomic E-state index is 0.0505. The van der Waals surface area contributed by atoms with Crippen molar-refractivity contribution in [3.05, 3.63) is 77.7 Å². The molecule has 2 atom stereocenters. The van der Waals surface area contributed by atoms with Crippen molar-refractivity contribution in [2.75, 3.05) is 13.7 Å². The lowest BCUT2D eigenvalue weighted by molar-refractivity contribution is -0.0198. The topological polar surface area (TPSA) is 42.4 Å². The molecule has 2 heterocycles. The first-order valence-electron chi connectivity index (χ1n) is 9.12. The molecule has 0 spiro atoms. The minimum Gasteiger partial charge on any atom is -0.373 e. The van der Waals surface area contributed by atoms with E-state index in [9.17, 15) is 9.18 Å². The van der Waals surface area contributed by atoms with Gasteiger partial charge in [-0.25, -0.2) is 9.37 Å². The number of amides is 1. The number of rotatable bonds is 3. The van der Waals surface area contributed by atoms with Crippen LogP contribution in [0.5, 0.6) is 0 Å². The predicted octanol–water partition coefficient (Wildman–Crippen LogP) is 4.37. The Bertz CT molecular complexity index is 958. The molecule has 5 heteroatoms. The molecular formula is C22H21FN2O2. The van der Waals surface area contributed by atoms with Crippen LogP contribution in [0.4, 0.5) is 4.39 Å². The lowest BCUT2D eigenvalue weighted by Gasteiger charge is -2.35. The van der Waals surface area contributed by atoms with Gasteiger partial charge in [-0.05, 0) is 42.7 Å².